The number of benzene rings is 4. The number of piperidine rings is 2. The van der Waals surface area contributed by atoms with E-state index in [4.69, 9.17) is 9.47 Å². The van der Waals surface area contributed by atoms with Gasteiger partial charge in [0.25, 0.3) is 0 Å². The van der Waals surface area contributed by atoms with Gasteiger partial charge in [-0.1, -0.05) is 103 Å². The highest BCUT2D eigenvalue weighted by Gasteiger charge is 2.26. The Labute approximate surface area is 359 Å². The third-order valence-corrected chi connectivity index (χ3v) is 12.1. The zero-order valence-corrected chi connectivity index (χ0v) is 36.6. The summed E-state index contributed by atoms with van der Waals surface area (Å²) in [5.74, 6) is 3.67. The average Bonchev–Trinajstić information content (AvgIpc) is 3.54. The van der Waals surface area contributed by atoms with Crippen molar-refractivity contribution in [2.45, 2.75) is 97.9 Å². The first kappa shape index (κ1) is 44.6. The molecule has 2 amide bonds. The summed E-state index contributed by atoms with van der Waals surface area (Å²) >= 11 is 0. The summed E-state index contributed by atoms with van der Waals surface area (Å²) in [6.07, 6.45) is 9.55. The Morgan fingerprint density at radius 1 is 0.683 bits per heavy atom. The minimum atomic E-state index is -0.0465. The molecule has 320 valence electrons. The van der Waals surface area contributed by atoms with Crippen LogP contribution in [0.5, 0.6) is 11.5 Å². The molecule has 4 aromatic rings. The van der Waals surface area contributed by atoms with E-state index in [-0.39, 0.29) is 24.0 Å². The number of rotatable bonds is 8. The summed E-state index contributed by atoms with van der Waals surface area (Å²) in [7, 11) is 0. The average molecular weight is 813 g/mol. The van der Waals surface area contributed by atoms with E-state index < -0.39 is 0 Å². The van der Waals surface area contributed by atoms with Crippen molar-refractivity contribution in [1.82, 2.24) is 20.0 Å². The van der Waals surface area contributed by atoms with E-state index in [1.807, 2.05) is 43.9 Å². The van der Waals surface area contributed by atoms with Crippen molar-refractivity contribution < 1.29 is 19.1 Å². The molecule has 0 unspecified atom stereocenters. The van der Waals surface area contributed by atoms with Gasteiger partial charge in [-0.15, -0.1) is 0 Å². The van der Waals surface area contributed by atoms with E-state index in [1.165, 1.54) is 79.9 Å². The number of aryl methyl sites for hydroxylation is 2. The molecular weight excluding hydrogens is 745 g/mol. The number of hydrogen-bond acceptors (Lipinski definition) is 6. The second-order valence-electron chi connectivity index (χ2n) is 17.4. The summed E-state index contributed by atoms with van der Waals surface area (Å²) in [6, 6.07) is 34.0. The zero-order valence-electron chi connectivity index (χ0n) is 36.6. The predicted octanol–water partition coefficient (Wildman–Crippen LogP) is 8.97. The molecule has 0 aromatic heterocycles. The third kappa shape index (κ3) is 13.8. The minimum Gasteiger partial charge on any atom is -0.489 e. The first-order chi connectivity index (χ1) is 29.1. The van der Waals surface area contributed by atoms with Gasteiger partial charge in [-0.3, -0.25) is 9.59 Å². The van der Waals surface area contributed by atoms with E-state index in [9.17, 15) is 9.59 Å². The summed E-state index contributed by atoms with van der Waals surface area (Å²) in [4.78, 5) is 30.9. The van der Waals surface area contributed by atoms with Crippen molar-refractivity contribution in [1.29, 1.82) is 0 Å². The first-order valence-electron chi connectivity index (χ1n) is 22.3. The molecule has 0 saturated carbocycles. The maximum atomic E-state index is 13.0. The Morgan fingerprint density at radius 2 is 1.17 bits per heavy atom. The van der Waals surface area contributed by atoms with Crippen LogP contribution in [0.2, 0.25) is 0 Å². The molecule has 4 heterocycles. The van der Waals surface area contributed by atoms with Gasteiger partial charge in [-0.05, 0) is 134 Å². The highest BCUT2D eigenvalue weighted by atomic mass is 16.5. The van der Waals surface area contributed by atoms with Crippen LogP contribution in [-0.4, -0.2) is 84.5 Å². The highest BCUT2D eigenvalue weighted by Crippen LogP contribution is 2.28. The molecule has 8 heteroatoms. The number of carbonyl (C=O) groups is 2. The van der Waals surface area contributed by atoms with Crippen molar-refractivity contribution in [2.75, 3.05) is 45.8 Å². The third-order valence-electron chi connectivity index (χ3n) is 12.1. The summed E-state index contributed by atoms with van der Waals surface area (Å²) in [5, 5.41) is 3.40. The van der Waals surface area contributed by atoms with Gasteiger partial charge in [-0.25, -0.2) is 0 Å². The number of nitrogens with one attached hydrogen (secondary N) is 1. The fraction of sp³-hybridized carbons (Fsp3) is 0.462. The molecule has 2 saturated heterocycles. The summed E-state index contributed by atoms with van der Waals surface area (Å²) in [6.45, 7) is 19.7. The Kier molecular flexibility index (Phi) is 16.8. The molecule has 2 atom stereocenters. The Morgan fingerprint density at radius 3 is 1.68 bits per heavy atom. The first-order valence-corrected chi connectivity index (χ1v) is 22.3. The predicted molar refractivity (Wildman–Crippen MR) is 243 cm³/mol. The number of carbonyl (C=O) groups excluding carboxylic acids is 2. The molecule has 60 heavy (non-hydrogen) atoms. The van der Waals surface area contributed by atoms with E-state index in [2.05, 4.69) is 103 Å². The molecular formula is C52H68N4O4. The van der Waals surface area contributed by atoms with Gasteiger partial charge in [0.15, 0.2) is 0 Å². The van der Waals surface area contributed by atoms with E-state index in [1.54, 1.807) is 4.90 Å². The second kappa shape index (κ2) is 22.6. The lowest BCUT2D eigenvalue weighted by Crippen LogP contribution is -2.40. The Bertz CT molecular complexity index is 1960. The van der Waals surface area contributed by atoms with Crippen LogP contribution >= 0.6 is 0 Å². The van der Waals surface area contributed by atoms with E-state index >= 15 is 0 Å². The van der Waals surface area contributed by atoms with Gasteiger partial charge in [0.1, 0.15) is 23.7 Å². The maximum absolute atomic E-state index is 13.0. The number of ether oxygens (including phenoxy) is 2. The van der Waals surface area contributed by atoms with Crippen molar-refractivity contribution in [2.24, 2.45) is 11.8 Å². The van der Waals surface area contributed by atoms with Crippen molar-refractivity contribution >= 4 is 11.8 Å². The molecule has 8 nitrogen and oxygen atoms in total. The smallest absolute Gasteiger partial charge is 0.246 e. The van der Waals surface area contributed by atoms with Crippen molar-refractivity contribution in [3.8, 4) is 11.5 Å². The second-order valence-corrected chi connectivity index (χ2v) is 17.4. The summed E-state index contributed by atoms with van der Waals surface area (Å²) < 4.78 is 11.9. The molecule has 2 fully saturated rings. The molecule has 4 aliphatic rings. The number of fused-ring (bicyclic) bond motifs is 2. The lowest BCUT2D eigenvalue weighted by molar-refractivity contribution is -0.133. The lowest BCUT2D eigenvalue weighted by Gasteiger charge is -2.32. The fourth-order valence-corrected chi connectivity index (χ4v) is 8.86. The maximum Gasteiger partial charge on any atom is 0.246 e. The lowest BCUT2D eigenvalue weighted by atomic mass is 9.90. The van der Waals surface area contributed by atoms with E-state index in [0.29, 0.717) is 32.6 Å². The molecule has 1 N–H and O–H groups in total. The van der Waals surface area contributed by atoms with Gasteiger partial charge in [0, 0.05) is 37.2 Å². The highest BCUT2D eigenvalue weighted by molar-refractivity contribution is 5.87. The number of likely N-dealkylation sites (tertiary alicyclic amines) is 1. The van der Waals surface area contributed by atoms with Gasteiger partial charge in [0.05, 0.1) is 13.1 Å². The van der Waals surface area contributed by atoms with Gasteiger partial charge >= 0.3 is 0 Å². The Hall–Kier alpha value is -4.92. The molecule has 0 spiro atoms. The zero-order chi connectivity index (χ0) is 42.3. The van der Waals surface area contributed by atoms with E-state index in [0.717, 1.165) is 54.1 Å². The van der Waals surface area contributed by atoms with Crippen molar-refractivity contribution in [3.05, 3.63) is 143 Å². The van der Waals surface area contributed by atoms with Gasteiger partial charge in [-0.2, -0.15) is 0 Å². The van der Waals surface area contributed by atoms with Crippen LogP contribution in [0.4, 0.5) is 0 Å². The van der Waals surface area contributed by atoms with Crippen LogP contribution in [-0.2, 0) is 35.5 Å². The monoisotopic (exact) mass is 813 g/mol. The summed E-state index contributed by atoms with van der Waals surface area (Å²) in [5.41, 5.74) is 7.50. The van der Waals surface area contributed by atoms with Crippen LogP contribution in [0.25, 0.3) is 0 Å². The molecule has 4 aliphatic heterocycles. The Balaban J connectivity index is 0.000000169. The number of nitrogens with zero attached hydrogens (tertiary/aromatic N) is 3. The quantitative estimate of drug-likeness (QED) is 0.179. The molecule has 4 aromatic carbocycles. The number of hydrogen-bond donors (Lipinski definition) is 1. The topological polar surface area (TPSA) is 74.4 Å². The minimum absolute atomic E-state index is 0.00264. The number of amides is 2. The largest absolute Gasteiger partial charge is 0.489 e. The fourth-order valence-electron chi connectivity index (χ4n) is 8.86. The van der Waals surface area contributed by atoms with Crippen molar-refractivity contribution in [3.63, 3.8) is 0 Å². The molecule has 0 radical (unpaired) electrons. The van der Waals surface area contributed by atoms with Gasteiger partial charge in [0.2, 0.25) is 11.8 Å². The molecule has 0 bridgehead atoms. The SMILES string of the molecule is C=CC(=O)N1Cc2cc(C)ccc2O[C@@H](C)C1.Cc1ccc2c(c1)CN(C(=O)CCN1CCC(Cc3ccccc3)CC1)C[C@H](C)O2.c1ccc(CC2CCNCC2)cc1. The van der Waals surface area contributed by atoms with Crippen LogP contribution in [0.3, 0.4) is 0 Å². The normalized spacial score (nSPS) is 19.6. The standard InChI is InChI=1S/C26H34N2O2.C14H17NO2.C12H17N/c1-20-8-9-25-24(16-20)19-28(18-21(2)30-25)26(29)12-15-27-13-10-23(11-14-27)17-22-6-4-3-5-7-22;1-4-14(16)15-8-11(3)17-13-6-5-10(2)7-12(13)9-15;1-2-4-11(5-3-1)10-12-6-8-13-9-7-12/h3-9,16,21,23H,10-15,17-19H2,1-2H3;4-7,11H,1,8-9H2,2-3H3;1-5,12-13H,6-10H2/t21-;11-;/m00./s1. The van der Waals surface area contributed by atoms with Crippen LogP contribution in [0, 0.1) is 25.7 Å². The van der Waals surface area contributed by atoms with Crippen LogP contribution in [0.1, 0.15) is 79.3 Å². The molecule has 0 aliphatic carbocycles. The van der Waals surface area contributed by atoms with Crippen LogP contribution in [0.15, 0.2) is 110 Å². The molecule has 8 rings (SSSR count). The van der Waals surface area contributed by atoms with Crippen LogP contribution < -0.4 is 14.8 Å². The van der Waals surface area contributed by atoms with Gasteiger partial charge < -0.3 is 29.5 Å².